The van der Waals surface area contributed by atoms with Crippen LogP contribution in [0.2, 0.25) is 0 Å². The van der Waals surface area contributed by atoms with Gasteiger partial charge in [0.2, 0.25) is 0 Å². The summed E-state index contributed by atoms with van der Waals surface area (Å²) in [6.45, 7) is 2.97. The topological polar surface area (TPSA) is 50.4 Å². The van der Waals surface area contributed by atoms with Gasteiger partial charge in [0, 0.05) is 12.1 Å². The predicted octanol–water partition coefficient (Wildman–Crippen LogP) is 3.55. The molecule has 24 heavy (non-hydrogen) atoms. The van der Waals surface area contributed by atoms with Gasteiger partial charge in [-0.3, -0.25) is 4.79 Å². The van der Waals surface area contributed by atoms with Crippen LogP contribution in [0.15, 0.2) is 24.3 Å². The lowest BCUT2D eigenvalue weighted by Gasteiger charge is -2.22. The standard InChI is InChI=1S/C19H28N2O2.ClH/c22-19(21-12-10-15-5-4-11-20-14-15)16-6-3-9-18(13-16)23-17-7-1-2-8-17;/h3,6,9,13,15,17,20H,1-2,4-5,7-8,10-12,14H2,(H,21,22);1H. The molecule has 1 saturated carbocycles. The molecule has 0 aromatic heterocycles. The summed E-state index contributed by atoms with van der Waals surface area (Å²) >= 11 is 0. The van der Waals surface area contributed by atoms with E-state index in [4.69, 9.17) is 4.74 Å². The summed E-state index contributed by atoms with van der Waals surface area (Å²) in [6.07, 6.45) is 8.66. The minimum absolute atomic E-state index is 0. The maximum Gasteiger partial charge on any atom is 0.251 e. The van der Waals surface area contributed by atoms with Crippen LogP contribution in [0.1, 0.15) is 55.3 Å². The minimum atomic E-state index is 0. The van der Waals surface area contributed by atoms with Gasteiger partial charge in [0.05, 0.1) is 6.10 Å². The van der Waals surface area contributed by atoms with Crippen LogP contribution in [-0.2, 0) is 0 Å². The average molecular weight is 353 g/mol. The highest BCUT2D eigenvalue weighted by Gasteiger charge is 2.17. The second kappa shape index (κ2) is 9.90. The SMILES string of the molecule is Cl.O=C(NCCC1CCCNC1)c1cccc(OC2CCCC2)c1. The van der Waals surface area contributed by atoms with E-state index in [1.165, 1.54) is 25.7 Å². The zero-order chi connectivity index (χ0) is 15.9. The highest BCUT2D eigenvalue weighted by Crippen LogP contribution is 2.24. The summed E-state index contributed by atoms with van der Waals surface area (Å²) in [5, 5.41) is 6.46. The van der Waals surface area contributed by atoms with Crippen LogP contribution in [0.5, 0.6) is 5.75 Å². The first-order valence-electron chi connectivity index (χ1n) is 9.07. The molecule has 1 aliphatic heterocycles. The Kier molecular flexibility index (Phi) is 7.86. The number of hydrogen-bond acceptors (Lipinski definition) is 3. The second-order valence-corrected chi connectivity index (χ2v) is 6.81. The second-order valence-electron chi connectivity index (χ2n) is 6.81. The largest absolute Gasteiger partial charge is 0.490 e. The van der Waals surface area contributed by atoms with Crippen molar-refractivity contribution in [3.63, 3.8) is 0 Å². The van der Waals surface area contributed by atoms with Crippen LogP contribution in [0, 0.1) is 5.92 Å². The monoisotopic (exact) mass is 352 g/mol. The van der Waals surface area contributed by atoms with Gasteiger partial charge in [-0.15, -0.1) is 12.4 Å². The third kappa shape index (κ3) is 5.67. The number of piperidine rings is 1. The van der Waals surface area contributed by atoms with Crippen LogP contribution in [0.25, 0.3) is 0 Å². The van der Waals surface area contributed by atoms with Crippen LogP contribution in [-0.4, -0.2) is 31.6 Å². The van der Waals surface area contributed by atoms with E-state index in [0.29, 0.717) is 17.6 Å². The molecule has 134 valence electrons. The maximum atomic E-state index is 12.3. The first kappa shape index (κ1) is 19.1. The summed E-state index contributed by atoms with van der Waals surface area (Å²) in [7, 11) is 0. The first-order valence-corrected chi connectivity index (χ1v) is 9.07. The van der Waals surface area contributed by atoms with E-state index in [0.717, 1.165) is 44.6 Å². The summed E-state index contributed by atoms with van der Waals surface area (Å²) in [6, 6.07) is 7.59. The Labute approximate surface area is 151 Å². The Balaban J connectivity index is 0.00000208. The van der Waals surface area contributed by atoms with Gasteiger partial charge < -0.3 is 15.4 Å². The van der Waals surface area contributed by atoms with Crippen molar-refractivity contribution in [2.24, 2.45) is 5.92 Å². The van der Waals surface area contributed by atoms with Crippen molar-refractivity contribution in [3.8, 4) is 5.75 Å². The molecule has 0 bridgehead atoms. The highest BCUT2D eigenvalue weighted by atomic mass is 35.5. The molecule has 2 fully saturated rings. The smallest absolute Gasteiger partial charge is 0.251 e. The van der Waals surface area contributed by atoms with Gasteiger partial charge in [0.15, 0.2) is 0 Å². The molecule has 1 heterocycles. The molecular formula is C19H29ClN2O2. The normalized spacial score (nSPS) is 21.1. The van der Waals surface area contributed by atoms with Crippen LogP contribution < -0.4 is 15.4 Å². The van der Waals surface area contributed by atoms with Gasteiger partial charge in [-0.1, -0.05) is 6.07 Å². The Hall–Kier alpha value is -1.26. The van der Waals surface area contributed by atoms with Crippen LogP contribution in [0.3, 0.4) is 0 Å². The predicted molar refractivity (Wildman–Crippen MR) is 99.1 cm³/mol. The van der Waals surface area contributed by atoms with Crippen molar-refractivity contribution >= 4 is 18.3 Å². The minimum Gasteiger partial charge on any atom is -0.490 e. The fourth-order valence-electron chi connectivity index (χ4n) is 3.57. The quantitative estimate of drug-likeness (QED) is 0.823. The van der Waals surface area contributed by atoms with E-state index in [2.05, 4.69) is 10.6 Å². The lowest BCUT2D eigenvalue weighted by molar-refractivity contribution is 0.0949. The molecule has 5 heteroatoms. The van der Waals surface area contributed by atoms with E-state index >= 15 is 0 Å². The van der Waals surface area contributed by atoms with Crippen LogP contribution >= 0.6 is 12.4 Å². The molecule has 0 spiro atoms. The zero-order valence-electron chi connectivity index (χ0n) is 14.3. The molecule has 1 aromatic rings. The summed E-state index contributed by atoms with van der Waals surface area (Å²) in [4.78, 5) is 12.3. The Bertz CT molecular complexity index is 512. The van der Waals surface area contributed by atoms with Gasteiger partial charge in [-0.05, 0) is 82.2 Å². The maximum absolute atomic E-state index is 12.3. The number of nitrogens with one attached hydrogen (secondary N) is 2. The lowest BCUT2D eigenvalue weighted by Crippen LogP contribution is -2.33. The van der Waals surface area contributed by atoms with Crippen molar-refractivity contribution in [2.75, 3.05) is 19.6 Å². The summed E-state index contributed by atoms with van der Waals surface area (Å²) in [5.74, 6) is 1.52. The van der Waals surface area contributed by atoms with Gasteiger partial charge in [0.1, 0.15) is 5.75 Å². The van der Waals surface area contributed by atoms with E-state index in [1.807, 2.05) is 24.3 Å². The number of carbonyl (C=O) groups excluding carboxylic acids is 1. The molecule has 4 nitrogen and oxygen atoms in total. The van der Waals surface area contributed by atoms with Crippen molar-refractivity contribution in [3.05, 3.63) is 29.8 Å². The molecule has 1 amide bonds. The summed E-state index contributed by atoms with van der Waals surface area (Å²) < 4.78 is 5.98. The fourth-order valence-corrected chi connectivity index (χ4v) is 3.57. The molecule has 1 aliphatic carbocycles. The third-order valence-corrected chi connectivity index (χ3v) is 4.94. The molecule has 1 aromatic carbocycles. The summed E-state index contributed by atoms with van der Waals surface area (Å²) in [5.41, 5.74) is 0.697. The van der Waals surface area contributed by atoms with Crippen molar-refractivity contribution in [1.82, 2.24) is 10.6 Å². The number of halogens is 1. The fraction of sp³-hybridized carbons (Fsp3) is 0.632. The third-order valence-electron chi connectivity index (χ3n) is 4.94. The highest BCUT2D eigenvalue weighted by molar-refractivity contribution is 5.94. The van der Waals surface area contributed by atoms with Crippen molar-refractivity contribution < 1.29 is 9.53 Å². The molecule has 1 unspecified atom stereocenters. The Morgan fingerprint density at radius 1 is 1.21 bits per heavy atom. The molecule has 2 aliphatic rings. The number of carbonyl (C=O) groups is 1. The Morgan fingerprint density at radius 2 is 2.04 bits per heavy atom. The Morgan fingerprint density at radius 3 is 2.79 bits per heavy atom. The number of rotatable bonds is 6. The first-order chi connectivity index (χ1) is 11.3. The van der Waals surface area contributed by atoms with E-state index in [1.54, 1.807) is 0 Å². The van der Waals surface area contributed by atoms with Gasteiger partial charge in [-0.25, -0.2) is 0 Å². The lowest BCUT2D eigenvalue weighted by atomic mass is 9.96. The van der Waals surface area contributed by atoms with Gasteiger partial charge in [0.25, 0.3) is 5.91 Å². The van der Waals surface area contributed by atoms with Gasteiger partial charge >= 0.3 is 0 Å². The van der Waals surface area contributed by atoms with E-state index in [9.17, 15) is 4.79 Å². The molecule has 3 rings (SSSR count). The molecular weight excluding hydrogens is 324 g/mol. The van der Waals surface area contributed by atoms with E-state index < -0.39 is 0 Å². The molecule has 1 atom stereocenters. The molecule has 1 saturated heterocycles. The number of ether oxygens (including phenoxy) is 1. The average Bonchev–Trinajstić information content (AvgIpc) is 3.09. The number of amides is 1. The van der Waals surface area contributed by atoms with Gasteiger partial charge in [-0.2, -0.15) is 0 Å². The van der Waals surface area contributed by atoms with E-state index in [-0.39, 0.29) is 18.3 Å². The number of benzene rings is 1. The molecule has 0 radical (unpaired) electrons. The zero-order valence-corrected chi connectivity index (χ0v) is 15.1. The van der Waals surface area contributed by atoms with Crippen LogP contribution in [0.4, 0.5) is 0 Å². The molecule has 2 N–H and O–H groups in total. The van der Waals surface area contributed by atoms with Crippen molar-refractivity contribution in [2.45, 2.75) is 51.0 Å². The van der Waals surface area contributed by atoms with Crippen molar-refractivity contribution in [1.29, 1.82) is 0 Å². The number of hydrogen-bond donors (Lipinski definition) is 2.